The summed E-state index contributed by atoms with van der Waals surface area (Å²) in [5.74, 6) is 1.74. The number of carbonyl (C=O) groups is 2. The van der Waals surface area contributed by atoms with Crippen LogP contribution in [-0.2, 0) is 9.59 Å². The lowest BCUT2D eigenvalue weighted by Crippen LogP contribution is -2.29. The van der Waals surface area contributed by atoms with Gasteiger partial charge in [-0.3, -0.25) is 14.5 Å². The third-order valence-electron chi connectivity index (χ3n) is 5.33. The third kappa shape index (κ3) is 7.22. The Morgan fingerprint density at radius 3 is 2.57 bits per heavy atom. The predicted molar refractivity (Wildman–Crippen MR) is 144 cm³/mol. The summed E-state index contributed by atoms with van der Waals surface area (Å²) in [6.45, 7) is 2.97. The van der Waals surface area contributed by atoms with E-state index in [0.29, 0.717) is 51.7 Å². The third-order valence-corrected chi connectivity index (χ3v) is 6.70. The van der Waals surface area contributed by atoms with Crippen molar-refractivity contribution in [3.05, 3.63) is 52.9 Å². The van der Waals surface area contributed by atoms with Crippen molar-refractivity contribution in [2.24, 2.45) is 0 Å². The van der Waals surface area contributed by atoms with Crippen molar-refractivity contribution < 1.29 is 23.8 Å². The number of hydrogen-bond donors (Lipinski definition) is 1. The minimum absolute atomic E-state index is 0.0550. The van der Waals surface area contributed by atoms with Crippen molar-refractivity contribution in [2.75, 3.05) is 32.7 Å². The van der Waals surface area contributed by atoms with Gasteiger partial charge in [-0.2, -0.15) is 0 Å². The van der Waals surface area contributed by atoms with E-state index in [1.54, 1.807) is 25.2 Å². The Labute approximate surface area is 215 Å². The van der Waals surface area contributed by atoms with Crippen molar-refractivity contribution in [3.63, 3.8) is 0 Å². The van der Waals surface area contributed by atoms with Crippen LogP contribution < -0.4 is 19.5 Å². The number of nitrogens with one attached hydrogen (secondary N) is 1. The second-order valence-electron chi connectivity index (χ2n) is 7.74. The SMILES string of the molecule is CCOc1ccccc1NC(=O)CCCCCN1C(=O)/C(=C/c2ccc(OC)c(OC)c2)SC1=S. The highest BCUT2D eigenvalue weighted by atomic mass is 32.2. The number of benzene rings is 2. The van der Waals surface area contributed by atoms with Gasteiger partial charge in [-0.25, -0.2) is 0 Å². The topological polar surface area (TPSA) is 77.1 Å². The molecule has 35 heavy (non-hydrogen) atoms. The molecule has 0 radical (unpaired) electrons. The molecule has 7 nitrogen and oxygen atoms in total. The second kappa shape index (κ2) is 13.2. The van der Waals surface area contributed by atoms with Crippen LogP contribution in [-0.4, -0.2) is 48.4 Å². The number of amides is 2. The molecule has 2 aromatic rings. The molecule has 1 aliphatic rings. The Bertz CT molecular complexity index is 1100. The van der Waals surface area contributed by atoms with Crippen molar-refractivity contribution >= 4 is 51.9 Å². The number of hydrogen-bond acceptors (Lipinski definition) is 7. The maximum Gasteiger partial charge on any atom is 0.266 e. The van der Waals surface area contributed by atoms with E-state index in [4.69, 9.17) is 26.4 Å². The van der Waals surface area contributed by atoms with E-state index in [1.165, 1.54) is 11.8 Å². The molecule has 1 fully saturated rings. The van der Waals surface area contributed by atoms with Gasteiger partial charge in [-0.1, -0.05) is 48.6 Å². The van der Waals surface area contributed by atoms with Crippen LogP contribution in [0.2, 0.25) is 0 Å². The molecule has 0 aromatic heterocycles. The number of para-hydroxylation sites is 2. The van der Waals surface area contributed by atoms with E-state index < -0.39 is 0 Å². The van der Waals surface area contributed by atoms with Gasteiger partial charge in [0.2, 0.25) is 5.91 Å². The average molecular weight is 515 g/mol. The van der Waals surface area contributed by atoms with Gasteiger partial charge < -0.3 is 19.5 Å². The molecular formula is C26H30N2O5S2. The smallest absolute Gasteiger partial charge is 0.266 e. The molecule has 0 spiro atoms. The molecule has 0 unspecified atom stereocenters. The number of carbonyl (C=O) groups excluding carboxylic acids is 2. The Morgan fingerprint density at radius 2 is 1.83 bits per heavy atom. The highest BCUT2D eigenvalue weighted by molar-refractivity contribution is 8.26. The standard InChI is InChI=1S/C26H30N2O5S2/c1-4-33-20-11-8-7-10-19(20)27-24(29)12-6-5-9-15-28-25(30)23(35-26(28)34)17-18-13-14-21(31-2)22(16-18)32-3/h7-8,10-11,13-14,16-17H,4-6,9,12,15H2,1-3H3,(H,27,29)/b23-17-. The normalized spacial score (nSPS) is 14.4. The van der Waals surface area contributed by atoms with Crippen molar-refractivity contribution in [3.8, 4) is 17.2 Å². The highest BCUT2D eigenvalue weighted by Crippen LogP contribution is 2.35. The van der Waals surface area contributed by atoms with Gasteiger partial charge in [0.15, 0.2) is 11.5 Å². The first-order valence-electron chi connectivity index (χ1n) is 11.5. The second-order valence-corrected chi connectivity index (χ2v) is 9.41. The fourth-order valence-corrected chi connectivity index (χ4v) is 4.89. The fraction of sp³-hybridized carbons (Fsp3) is 0.346. The maximum absolute atomic E-state index is 12.9. The van der Waals surface area contributed by atoms with E-state index in [0.717, 1.165) is 24.8 Å². The molecule has 3 rings (SSSR count). The quantitative estimate of drug-likeness (QED) is 0.228. The van der Waals surface area contributed by atoms with Crippen LogP contribution in [0.25, 0.3) is 6.08 Å². The van der Waals surface area contributed by atoms with Crippen LogP contribution in [0.3, 0.4) is 0 Å². The predicted octanol–water partition coefficient (Wildman–Crippen LogP) is 5.50. The van der Waals surface area contributed by atoms with E-state index in [9.17, 15) is 9.59 Å². The van der Waals surface area contributed by atoms with Gasteiger partial charge in [-0.05, 0) is 55.7 Å². The van der Waals surface area contributed by atoms with Crippen molar-refractivity contribution in [1.82, 2.24) is 4.90 Å². The van der Waals surface area contributed by atoms with Gasteiger partial charge in [0, 0.05) is 13.0 Å². The zero-order chi connectivity index (χ0) is 25.2. The number of thiocarbonyl (C=S) groups is 1. The molecule has 2 aromatic carbocycles. The number of thioether (sulfide) groups is 1. The van der Waals surface area contributed by atoms with Gasteiger partial charge >= 0.3 is 0 Å². The van der Waals surface area contributed by atoms with Gasteiger partial charge in [0.05, 0.1) is 31.4 Å². The van der Waals surface area contributed by atoms with Crippen LogP contribution in [0, 0.1) is 0 Å². The molecular weight excluding hydrogens is 484 g/mol. The van der Waals surface area contributed by atoms with Gasteiger partial charge in [-0.15, -0.1) is 0 Å². The molecule has 0 saturated carbocycles. The Hall–Kier alpha value is -3.04. The van der Waals surface area contributed by atoms with Crippen LogP contribution in [0.1, 0.15) is 38.2 Å². The molecule has 1 heterocycles. The summed E-state index contributed by atoms with van der Waals surface area (Å²) in [6.07, 6.45) is 4.51. The number of unbranched alkanes of at least 4 members (excludes halogenated alkanes) is 2. The Balaban J connectivity index is 1.46. The molecule has 2 amide bonds. The Kier molecular flexibility index (Phi) is 9.98. The summed E-state index contributed by atoms with van der Waals surface area (Å²) >= 11 is 6.73. The van der Waals surface area contributed by atoms with Crippen molar-refractivity contribution in [1.29, 1.82) is 0 Å². The highest BCUT2D eigenvalue weighted by Gasteiger charge is 2.31. The van der Waals surface area contributed by atoms with Crippen LogP contribution in [0.15, 0.2) is 47.4 Å². The first kappa shape index (κ1) is 26.6. The minimum atomic E-state index is -0.0972. The average Bonchev–Trinajstić information content (AvgIpc) is 3.12. The van der Waals surface area contributed by atoms with E-state index >= 15 is 0 Å². The summed E-state index contributed by atoms with van der Waals surface area (Å²) in [7, 11) is 3.15. The summed E-state index contributed by atoms with van der Waals surface area (Å²) in [6, 6.07) is 12.9. The molecule has 186 valence electrons. The molecule has 1 aliphatic heterocycles. The molecule has 0 aliphatic carbocycles. The van der Waals surface area contributed by atoms with E-state index in [1.807, 2.05) is 49.4 Å². The van der Waals surface area contributed by atoms with E-state index in [-0.39, 0.29) is 11.8 Å². The Morgan fingerprint density at radius 1 is 1.06 bits per heavy atom. The maximum atomic E-state index is 12.9. The van der Waals surface area contributed by atoms with Gasteiger partial charge in [0.1, 0.15) is 10.1 Å². The lowest BCUT2D eigenvalue weighted by Gasteiger charge is -2.14. The lowest BCUT2D eigenvalue weighted by molar-refractivity contribution is -0.122. The molecule has 9 heteroatoms. The van der Waals surface area contributed by atoms with Crippen molar-refractivity contribution in [2.45, 2.75) is 32.6 Å². The molecule has 0 bridgehead atoms. The fourth-order valence-electron chi connectivity index (χ4n) is 3.58. The first-order chi connectivity index (χ1) is 17.0. The first-order valence-corrected chi connectivity index (χ1v) is 12.7. The zero-order valence-electron chi connectivity index (χ0n) is 20.2. The van der Waals surface area contributed by atoms with Gasteiger partial charge in [0.25, 0.3) is 5.91 Å². The summed E-state index contributed by atoms with van der Waals surface area (Å²) in [4.78, 5) is 27.4. The monoisotopic (exact) mass is 514 g/mol. The molecule has 1 saturated heterocycles. The largest absolute Gasteiger partial charge is 0.493 e. The number of rotatable bonds is 12. The van der Waals surface area contributed by atoms with Crippen LogP contribution in [0.4, 0.5) is 5.69 Å². The molecule has 1 N–H and O–H groups in total. The van der Waals surface area contributed by atoms with Crippen LogP contribution >= 0.6 is 24.0 Å². The van der Waals surface area contributed by atoms with E-state index in [2.05, 4.69) is 5.32 Å². The number of methoxy groups -OCH3 is 2. The number of anilines is 1. The summed E-state index contributed by atoms with van der Waals surface area (Å²) in [5, 5.41) is 2.91. The molecule has 0 atom stereocenters. The number of ether oxygens (including phenoxy) is 3. The summed E-state index contributed by atoms with van der Waals surface area (Å²) < 4.78 is 16.7. The van der Waals surface area contributed by atoms with Crippen LogP contribution in [0.5, 0.6) is 17.2 Å². The lowest BCUT2D eigenvalue weighted by atomic mass is 10.1. The minimum Gasteiger partial charge on any atom is -0.493 e. The number of nitrogens with zero attached hydrogens (tertiary/aromatic N) is 1. The zero-order valence-corrected chi connectivity index (χ0v) is 21.8. The summed E-state index contributed by atoms with van der Waals surface area (Å²) in [5.41, 5.74) is 1.51.